The molecule has 0 saturated heterocycles. The van der Waals surface area contributed by atoms with Crippen molar-refractivity contribution in [1.82, 2.24) is 0 Å². The van der Waals surface area contributed by atoms with Crippen molar-refractivity contribution in [1.29, 1.82) is 0 Å². The van der Waals surface area contributed by atoms with Gasteiger partial charge < -0.3 is 38.6 Å². The summed E-state index contributed by atoms with van der Waals surface area (Å²) in [5.41, 5.74) is 3.90. The highest BCUT2D eigenvalue weighted by Gasteiger charge is 2.15. The van der Waals surface area contributed by atoms with Crippen LogP contribution in [0.25, 0.3) is 0 Å². The monoisotopic (exact) mass is 928 g/mol. The summed E-state index contributed by atoms with van der Waals surface area (Å²) < 4.78 is 32.6. The maximum atomic E-state index is 12.2. The van der Waals surface area contributed by atoms with Crippen LogP contribution in [0.4, 0.5) is 0 Å². The van der Waals surface area contributed by atoms with E-state index < -0.39 is 24.5 Å². The number of rotatable bonds is 22. The van der Waals surface area contributed by atoms with E-state index in [1.165, 1.54) is 7.11 Å². The maximum Gasteiger partial charge on any atom is 0.344 e. The molecule has 5 aromatic carbocycles. The second-order valence-corrected chi connectivity index (χ2v) is 15.1. The van der Waals surface area contributed by atoms with Gasteiger partial charge in [0.2, 0.25) is 0 Å². The van der Waals surface area contributed by atoms with Crippen molar-refractivity contribution in [3.05, 3.63) is 151 Å². The highest BCUT2D eigenvalue weighted by Crippen LogP contribution is 2.32. The molecule has 328 valence electrons. The third-order valence-corrected chi connectivity index (χ3v) is 9.53. The minimum absolute atomic E-state index is 0.0182. The molecule has 0 saturated carbocycles. The molecule has 0 fully saturated rings. The van der Waals surface area contributed by atoms with E-state index in [9.17, 15) is 19.2 Å². The standard InChI is InChI=1S/C27H26Cl2O6.C19H18Cl2O6/c1-32-26(30)8-5-13-33-24-11-9-22(28)15-20(24)14-21-16-23(29)10-12-25(21)34-18-27(31)35-17-19-6-3-2-4-7-19;20-14-3-5-16(26-7-1-2-18(22)23)12(9-14)8-13-10-15(21)4-6-17(13)27-11-19(24)25/h2-4,6-7,9-12,15-16H,5,8,13-14,17-18H2,1H3;3-6,9-10H,1-2,7-8,11H2,(H,22,23)(H,24,25). The number of ether oxygens (including phenoxy) is 6. The first-order valence-electron chi connectivity index (χ1n) is 19.1. The number of esters is 2. The number of aliphatic carboxylic acids is 2. The molecule has 0 unspecified atom stereocenters. The largest absolute Gasteiger partial charge is 0.493 e. The molecule has 62 heavy (non-hydrogen) atoms. The van der Waals surface area contributed by atoms with E-state index in [1.54, 1.807) is 72.8 Å². The van der Waals surface area contributed by atoms with Crippen molar-refractivity contribution in [2.45, 2.75) is 45.1 Å². The third kappa shape index (κ3) is 17.7. The molecule has 0 aliphatic carbocycles. The normalized spacial score (nSPS) is 10.5. The lowest BCUT2D eigenvalue weighted by Gasteiger charge is -2.15. The summed E-state index contributed by atoms with van der Waals surface area (Å²) in [6, 6.07) is 29.9. The van der Waals surface area contributed by atoms with Crippen molar-refractivity contribution < 1.29 is 57.8 Å². The number of carbonyl (C=O) groups excluding carboxylic acids is 2. The van der Waals surface area contributed by atoms with Crippen LogP contribution < -0.4 is 18.9 Å². The molecule has 12 nitrogen and oxygen atoms in total. The van der Waals surface area contributed by atoms with Gasteiger partial charge in [-0.25, -0.2) is 9.59 Å². The Morgan fingerprint density at radius 3 is 1.34 bits per heavy atom. The first-order chi connectivity index (χ1) is 29.8. The number of carboxylic acids is 2. The number of halogens is 4. The average molecular weight is 931 g/mol. The van der Waals surface area contributed by atoms with Gasteiger partial charge in [0, 0.05) is 68.0 Å². The van der Waals surface area contributed by atoms with Gasteiger partial charge in [0.1, 0.15) is 29.6 Å². The Balaban J connectivity index is 0.000000282. The fraction of sp³-hybridized carbons (Fsp3) is 0.261. The molecule has 0 aliphatic rings. The van der Waals surface area contributed by atoms with Crippen LogP contribution >= 0.6 is 46.4 Å². The fourth-order valence-corrected chi connectivity index (χ4v) is 6.46. The zero-order valence-electron chi connectivity index (χ0n) is 33.6. The van der Waals surface area contributed by atoms with E-state index >= 15 is 0 Å². The third-order valence-electron chi connectivity index (χ3n) is 8.59. The fourth-order valence-electron chi connectivity index (χ4n) is 5.68. The molecule has 0 bridgehead atoms. The predicted molar refractivity (Wildman–Crippen MR) is 235 cm³/mol. The van der Waals surface area contributed by atoms with Crippen molar-refractivity contribution in [3.8, 4) is 23.0 Å². The summed E-state index contributed by atoms with van der Waals surface area (Å²) in [4.78, 5) is 44.9. The quantitative estimate of drug-likeness (QED) is 0.0499. The van der Waals surface area contributed by atoms with Crippen LogP contribution in [0.3, 0.4) is 0 Å². The molecule has 0 spiro atoms. The number of benzene rings is 5. The Morgan fingerprint density at radius 1 is 0.500 bits per heavy atom. The Kier molecular flexibility index (Phi) is 20.5. The van der Waals surface area contributed by atoms with Crippen LogP contribution in [0.15, 0.2) is 103 Å². The number of carboxylic acid groups (broad SMARTS) is 2. The van der Waals surface area contributed by atoms with E-state index in [1.807, 2.05) is 30.3 Å². The smallest absolute Gasteiger partial charge is 0.344 e. The van der Waals surface area contributed by atoms with E-state index in [2.05, 4.69) is 4.74 Å². The van der Waals surface area contributed by atoms with Crippen molar-refractivity contribution >= 4 is 70.3 Å². The van der Waals surface area contributed by atoms with E-state index in [4.69, 9.17) is 80.3 Å². The predicted octanol–water partition coefficient (Wildman–Crippen LogP) is 10.3. The summed E-state index contributed by atoms with van der Waals surface area (Å²) in [6.07, 6.45) is 1.94. The first kappa shape index (κ1) is 49.0. The van der Waals surface area contributed by atoms with Gasteiger partial charge in [0.15, 0.2) is 13.2 Å². The van der Waals surface area contributed by atoms with Crippen molar-refractivity contribution in [2.75, 3.05) is 33.5 Å². The summed E-state index contributed by atoms with van der Waals surface area (Å²) in [5.74, 6) is -0.627. The lowest BCUT2D eigenvalue weighted by Crippen LogP contribution is -2.15. The zero-order valence-corrected chi connectivity index (χ0v) is 36.6. The summed E-state index contributed by atoms with van der Waals surface area (Å²) >= 11 is 24.6. The van der Waals surface area contributed by atoms with Crippen LogP contribution in [0.1, 0.15) is 53.5 Å². The maximum absolute atomic E-state index is 12.2. The molecule has 5 rings (SSSR count). The minimum atomic E-state index is -1.08. The Bertz CT molecular complexity index is 2270. The second-order valence-electron chi connectivity index (χ2n) is 13.4. The average Bonchev–Trinajstić information content (AvgIpc) is 3.24. The first-order valence-corrected chi connectivity index (χ1v) is 20.7. The summed E-state index contributed by atoms with van der Waals surface area (Å²) in [6.45, 7) is 0.0566. The number of carbonyl (C=O) groups is 4. The van der Waals surface area contributed by atoms with Gasteiger partial charge in [-0.2, -0.15) is 0 Å². The van der Waals surface area contributed by atoms with Gasteiger partial charge >= 0.3 is 23.9 Å². The highest BCUT2D eigenvalue weighted by atomic mass is 35.5. The van der Waals surface area contributed by atoms with E-state index in [-0.39, 0.29) is 38.6 Å². The second kappa shape index (κ2) is 26.0. The SMILES string of the molecule is COC(=O)CCCOc1ccc(Cl)cc1Cc1cc(Cl)ccc1OCC(=O)OCc1ccccc1.O=C(O)CCCOc1ccc(Cl)cc1Cc1cc(Cl)ccc1OCC(=O)O. The van der Waals surface area contributed by atoms with E-state index in [0.717, 1.165) is 22.3 Å². The molecular weight excluding hydrogens is 886 g/mol. The Hall–Kier alpha value is -5.66. The molecule has 0 amide bonds. The highest BCUT2D eigenvalue weighted by molar-refractivity contribution is 6.31. The van der Waals surface area contributed by atoms with Gasteiger partial charge in [-0.05, 0) is 91.2 Å². The Morgan fingerprint density at radius 2 is 0.919 bits per heavy atom. The molecule has 16 heteroatoms. The molecule has 0 radical (unpaired) electrons. The van der Waals surface area contributed by atoms with Crippen molar-refractivity contribution in [3.63, 3.8) is 0 Å². The van der Waals surface area contributed by atoms with Gasteiger partial charge in [0.25, 0.3) is 0 Å². The molecule has 0 aliphatic heterocycles. The van der Waals surface area contributed by atoms with Gasteiger partial charge in [0.05, 0.1) is 20.3 Å². The van der Waals surface area contributed by atoms with Gasteiger partial charge in [-0.1, -0.05) is 76.7 Å². The molecular formula is C46H44Cl4O12. The van der Waals surface area contributed by atoms with Crippen LogP contribution in [-0.4, -0.2) is 67.6 Å². The van der Waals surface area contributed by atoms with E-state index in [0.29, 0.717) is 80.9 Å². The summed E-state index contributed by atoms with van der Waals surface area (Å²) in [5, 5.41) is 19.6. The minimum Gasteiger partial charge on any atom is -0.493 e. The van der Waals surface area contributed by atoms with Gasteiger partial charge in [-0.15, -0.1) is 0 Å². The number of hydrogen-bond acceptors (Lipinski definition) is 10. The number of hydrogen-bond donors (Lipinski definition) is 2. The number of methoxy groups -OCH3 is 1. The van der Waals surface area contributed by atoms with Crippen LogP contribution in [0, 0.1) is 0 Å². The topological polar surface area (TPSA) is 164 Å². The molecule has 2 N–H and O–H groups in total. The Labute approximate surface area is 379 Å². The van der Waals surface area contributed by atoms with Crippen LogP contribution in [-0.2, 0) is 48.1 Å². The molecule has 0 heterocycles. The zero-order chi connectivity index (χ0) is 44.9. The lowest BCUT2D eigenvalue weighted by molar-refractivity contribution is -0.147. The molecule has 5 aromatic rings. The lowest BCUT2D eigenvalue weighted by atomic mass is 10.0. The van der Waals surface area contributed by atoms with Crippen molar-refractivity contribution in [2.24, 2.45) is 0 Å². The van der Waals surface area contributed by atoms with Crippen LogP contribution in [0.5, 0.6) is 23.0 Å². The summed E-state index contributed by atoms with van der Waals surface area (Å²) in [7, 11) is 1.36. The van der Waals surface area contributed by atoms with Crippen LogP contribution in [0.2, 0.25) is 20.1 Å². The molecule has 0 atom stereocenters. The van der Waals surface area contributed by atoms with Gasteiger partial charge in [-0.3, -0.25) is 9.59 Å². The molecule has 0 aromatic heterocycles.